The Morgan fingerprint density at radius 3 is 2.48 bits per heavy atom. The maximum absolute atomic E-state index is 12.9. The molecule has 156 valence electrons. The van der Waals surface area contributed by atoms with Crippen molar-refractivity contribution in [1.29, 1.82) is 0 Å². The number of nitrogens with one attached hydrogen (secondary N) is 1. The summed E-state index contributed by atoms with van der Waals surface area (Å²) in [5, 5.41) is 0.467. The summed E-state index contributed by atoms with van der Waals surface area (Å²) in [6.07, 6.45) is 0.251. The average Bonchev–Trinajstić information content (AvgIpc) is 2.99. The van der Waals surface area contributed by atoms with Gasteiger partial charge in [-0.15, -0.1) is 0 Å². The van der Waals surface area contributed by atoms with Gasteiger partial charge in [-0.25, -0.2) is 26.4 Å². The van der Waals surface area contributed by atoms with Crippen LogP contribution in [0.1, 0.15) is 17.5 Å². The van der Waals surface area contributed by atoms with Gasteiger partial charge in [-0.1, -0.05) is 41.4 Å². The van der Waals surface area contributed by atoms with Crippen molar-refractivity contribution in [3.05, 3.63) is 64.7 Å². The van der Waals surface area contributed by atoms with Crippen molar-refractivity contribution >= 4 is 37.5 Å². The van der Waals surface area contributed by atoms with Gasteiger partial charge in [0, 0.05) is 17.6 Å². The number of amides is 2. The lowest BCUT2D eigenvalue weighted by Crippen LogP contribution is -2.48. The van der Waals surface area contributed by atoms with E-state index in [4.69, 9.17) is 11.6 Å². The van der Waals surface area contributed by atoms with Crippen LogP contribution in [-0.2, 0) is 26.4 Å². The number of urea groups is 1. The molecular formula is C19H21ClN2O5S2. The van der Waals surface area contributed by atoms with E-state index in [1.165, 1.54) is 17.0 Å². The van der Waals surface area contributed by atoms with Gasteiger partial charge in [0.1, 0.15) is 0 Å². The van der Waals surface area contributed by atoms with Gasteiger partial charge in [-0.05, 0) is 43.2 Å². The molecule has 1 unspecified atom stereocenters. The molecule has 1 heterocycles. The molecule has 1 N–H and O–H groups in total. The van der Waals surface area contributed by atoms with Crippen LogP contribution in [-0.4, -0.2) is 45.3 Å². The highest BCUT2D eigenvalue weighted by atomic mass is 35.5. The molecule has 7 nitrogen and oxygen atoms in total. The molecular weight excluding hydrogens is 436 g/mol. The Bertz CT molecular complexity index is 1120. The van der Waals surface area contributed by atoms with E-state index in [1.807, 2.05) is 6.92 Å². The molecule has 0 spiro atoms. The minimum atomic E-state index is -4.10. The summed E-state index contributed by atoms with van der Waals surface area (Å²) in [6.45, 7) is 1.86. The Hall–Kier alpha value is -2.10. The van der Waals surface area contributed by atoms with Gasteiger partial charge in [0.05, 0.1) is 16.4 Å². The third-order valence-corrected chi connectivity index (χ3v) is 8.03. The predicted octanol–water partition coefficient (Wildman–Crippen LogP) is 2.74. The standard InChI is InChI=1S/C19H21ClN2O5S2/c1-14-5-7-18(8-6-14)29(26,27)21-19(23)22(17-9-10-28(24,25)13-17)12-15-3-2-4-16(20)11-15/h2-8,11,17H,9-10,12-13H2,1H3,(H,21,23). The van der Waals surface area contributed by atoms with E-state index in [1.54, 1.807) is 36.4 Å². The summed E-state index contributed by atoms with van der Waals surface area (Å²) < 4.78 is 51.1. The normalized spacial score (nSPS) is 18.3. The molecule has 10 heteroatoms. The molecule has 1 fully saturated rings. The lowest BCUT2D eigenvalue weighted by molar-refractivity contribution is 0.182. The number of sulfonamides is 1. The van der Waals surface area contributed by atoms with E-state index < -0.39 is 31.9 Å². The Kier molecular flexibility index (Phi) is 6.21. The van der Waals surface area contributed by atoms with Gasteiger partial charge >= 0.3 is 6.03 Å². The van der Waals surface area contributed by atoms with E-state index in [-0.39, 0.29) is 29.4 Å². The highest BCUT2D eigenvalue weighted by molar-refractivity contribution is 7.91. The number of sulfone groups is 1. The van der Waals surface area contributed by atoms with Gasteiger partial charge in [0.2, 0.25) is 0 Å². The van der Waals surface area contributed by atoms with E-state index in [2.05, 4.69) is 4.72 Å². The molecule has 0 aliphatic carbocycles. The Labute approximate surface area is 175 Å². The summed E-state index contributed by atoms with van der Waals surface area (Å²) in [6, 6.07) is 11.4. The van der Waals surface area contributed by atoms with Gasteiger partial charge in [0.15, 0.2) is 9.84 Å². The maximum atomic E-state index is 12.9. The average molecular weight is 457 g/mol. The molecule has 0 aromatic heterocycles. The Balaban J connectivity index is 1.86. The van der Waals surface area contributed by atoms with Crippen LogP contribution >= 0.6 is 11.6 Å². The minimum Gasteiger partial charge on any atom is -0.316 e. The highest BCUT2D eigenvalue weighted by Crippen LogP contribution is 2.22. The van der Waals surface area contributed by atoms with Crippen molar-refractivity contribution in [2.75, 3.05) is 11.5 Å². The summed E-state index contributed by atoms with van der Waals surface area (Å²) >= 11 is 6.00. The van der Waals surface area contributed by atoms with Gasteiger partial charge < -0.3 is 4.90 Å². The largest absolute Gasteiger partial charge is 0.331 e. The lowest BCUT2D eigenvalue weighted by Gasteiger charge is -2.28. The fraction of sp³-hybridized carbons (Fsp3) is 0.316. The first-order valence-electron chi connectivity index (χ1n) is 8.91. The van der Waals surface area contributed by atoms with Crippen molar-refractivity contribution in [3.63, 3.8) is 0 Å². The van der Waals surface area contributed by atoms with Crippen molar-refractivity contribution < 1.29 is 21.6 Å². The first-order chi connectivity index (χ1) is 13.6. The SMILES string of the molecule is Cc1ccc(S(=O)(=O)NC(=O)N(Cc2cccc(Cl)c2)C2CCS(=O)(=O)C2)cc1. The number of aryl methyl sites for hydroxylation is 1. The van der Waals surface area contributed by atoms with E-state index in [0.29, 0.717) is 10.6 Å². The summed E-state index contributed by atoms with van der Waals surface area (Å²) in [5.41, 5.74) is 1.55. The van der Waals surface area contributed by atoms with Crippen LogP contribution in [0.4, 0.5) is 4.79 Å². The molecule has 0 radical (unpaired) electrons. The zero-order valence-corrected chi connectivity index (χ0v) is 18.1. The first-order valence-corrected chi connectivity index (χ1v) is 12.6. The molecule has 2 aromatic rings. The van der Waals surface area contributed by atoms with Crippen LogP contribution in [0.2, 0.25) is 5.02 Å². The molecule has 1 aliphatic heterocycles. The molecule has 3 rings (SSSR count). The molecule has 0 saturated carbocycles. The van der Waals surface area contributed by atoms with Crippen LogP contribution in [0.25, 0.3) is 0 Å². The summed E-state index contributed by atoms with van der Waals surface area (Å²) in [4.78, 5) is 14.1. The minimum absolute atomic E-state index is 0.0377. The van der Waals surface area contributed by atoms with Crippen LogP contribution in [0.5, 0.6) is 0 Å². The monoisotopic (exact) mass is 456 g/mol. The van der Waals surface area contributed by atoms with Gasteiger partial charge in [0.25, 0.3) is 10.0 Å². The molecule has 0 bridgehead atoms. The number of carbonyl (C=O) groups is 1. The first kappa shape index (κ1) is 21.6. The van der Waals surface area contributed by atoms with Gasteiger partial charge in [-0.3, -0.25) is 0 Å². The van der Waals surface area contributed by atoms with Crippen molar-refractivity contribution in [2.24, 2.45) is 0 Å². The predicted molar refractivity (Wildman–Crippen MR) is 111 cm³/mol. The van der Waals surface area contributed by atoms with Gasteiger partial charge in [-0.2, -0.15) is 0 Å². The second-order valence-electron chi connectivity index (χ2n) is 7.04. The number of rotatable bonds is 5. The second kappa shape index (κ2) is 8.33. The number of benzene rings is 2. The summed E-state index contributed by atoms with van der Waals surface area (Å²) in [5.74, 6) is -0.243. The van der Waals surface area contributed by atoms with Crippen molar-refractivity contribution in [2.45, 2.75) is 30.8 Å². The molecule has 2 amide bonds. The Morgan fingerprint density at radius 2 is 1.90 bits per heavy atom. The summed E-state index contributed by atoms with van der Waals surface area (Å²) in [7, 11) is -7.37. The van der Waals surface area contributed by atoms with Crippen LogP contribution < -0.4 is 4.72 Å². The van der Waals surface area contributed by atoms with Crippen LogP contribution in [0.15, 0.2) is 53.4 Å². The maximum Gasteiger partial charge on any atom is 0.331 e. The fourth-order valence-electron chi connectivity index (χ4n) is 3.17. The number of halogens is 1. The lowest BCUT2D eigenvalue weighted by atomic mass is 10.1. The molecule has 2 aromatic carbocycles. The highest BCUT2D eigenvalue weighted by Gasteiger charge is 2.36. The number of carbonyl (C=O) groups excluding carboxylic acids is 1. The third kappa shape index (κ3) is 5.49. The Morgan fingerprint density at radius 1 is 1.21 bits per heavy atom. The molecule has 29 heavy (non-hydrogen) atoms. The zero-order valence-electron chi connectivity index (χ0n) is 15.7. The van der Waals surface area contributed by atoms with Crippen LogP contribution in [0, 0.1) is 6.92 Å². The quantitative estimate of drug-likeness (QED) is 0.745. The fourth-order valence-corrected chi connectivity index (χ4v) is 6.07. The second-order valence-corrected chi connectivity index (χ2v) is 11.4. The number of nitrogens with zero attached hydrogens (tertiary/aromatic N) is 1. The van der Waals surface area contributed by atoms with E-state index in [0.717, 1.165) is 5.56 Å². The zero-order chi connectivity index (χ0) is 21.2. The third-order valence-electron chi connectivity index (χ3n) is 4.70. The topological polar surface area (TPSA) is 101 Å². The van der Waals surface area contributed by atoms with E-state index >= 15 is 0 Å². The smallest absolute Gasteiger partial charge is 0.316 e. The van der Waals surface area contributed by atoms with E-state index in [9.17, 15) is 21.6 Å². The molecule has 1 saturated heterocycles. The molecule has 1 aliphatic rings. The number of hydrogen-bond acceptors (Lipinski definition) is 5. The van der Waals surface area contributed by atoms with Crippen molar-refractivity contribution in [1.82, 2.24) is 9.62 Å². The van der Waals surface area contributed by atoms with Crippen molar-refractivity contribution in [3.8, 4) is 0 Å². The molecule has 1 atom stereocenters. The number of hydrogen-bond donors (Lipinski definition) is 1. The van der Waals surface area contributed by atoms with Crippen LogP contribution in [0.3, 0.4) is 0 Å².